The van der Waals surface area contributed by atoms with Gasteiger partial charge in [0, 0.05) is 52.2 Å². The van der Waals surface area contributed by atoms with Crippen molar-refractivity contribution in [3.8, 4) is 5.75 Å². The highest BCUT2D eigenvalue weighted by Gasteiger charge is 2.54. The number of azide groups is 1. The van der Waals surface area contributed by atoms with Crippen LogP contribution in [0, 0.1) is 6.92 Å². The van der Waals surface area contributed by atoms with Gasteiger partial charge in [0.1, 0.15) is 5.75 Å². The van der Waals surface area contributed by atoms with Gasteiger partial charge in [0.2, 0.25) is 5.90 Å². The summed E-state index contributed by atoms with van der Waals surface area (Å²) in [5.74, 6) is 0.497. The Labute approximate surface area is 269 Å². The van der Waals surface area contributed by atoms with E-state index in [-0.39, 0.29) is 18.9 Å². The molecule has 0 saturated heterocycles. The maximum absolute atomic E-state index is 14.4. The third-order valence-corrected chi connectivity index (χ3v) is 7.89. The lowest BCUT2D eigenvalue weighted by Gasteiger charge is -2.31. The SMILES string of the molecule is Cc1cccc(CNNC(=O)[C@@]2(Cc3ccc(Br)cc3)N=C(c3ccc(OCCCO)cc3)O[C@H]2c2ccccc2N=[N+]=[N-])c1. The molecule has 1 aliphatic heterocycles. The molecule has 0 aromatic heterocycles. The van der Waals surface area contributed by atoms with E-state index < -0.39 is 17.6 Å². The maximum Gasteiger partial charge on any atom is 0.266 e. The zero-order valence-corrected chi connectivity index (χ0v) is 26.3. The lowest BCUT2D eigenvalue weighted by atomic mass is 9.81. The molecule has 45 heavy (non-hydrogen) atoms. The number of carbonyl (C=O) groups is 1. The summed E-state index contributed by atoms with van der Waals surface area (Å²) in [6.45, 7) is 2.85. The molecular weight excluding hydrogens is 636 g/mol. The van der Waals surface area contributed by atoms with Gasteiger partial charge in [0.15, 0.2) is 11.6 Å². The van der Waals surface area contributed by atoms with E-state index in [0.29, 0.717) is 42.1 Å². The van der Waals surface area contributed by atoms with Crippen molar-refractivity contribution in [1.82, 2.24) is 10.9 Å². The fraction of sp³-hybridized carbons (Fsp3) is 0.235. The molecule has 10 nitrogen and oxygen atoms in total. The number of rotatable bonds is 13. The predicted molar refractivity (Wildman–Crippen MR) is 176 cm³/mol. The fourth-order valence-corrected chi connectivity index (χ4v) is 5.44. The van der Waals surface area contributed by atoms with Gasteiger partial charge < -0.3 is 14.6 Å². The summed E-state index contributed by atoms with van der Waals surface area (Å²) in [5, 5.41) is 13.0. The van der Waals surface area contributed by atoms with Crippen LogP contribution in [0.25, 0.3) is 10.4 Å². The molecule has 0 fully saturated rings. The van der Waals surface area contributed by atoms with E-state index in [1.807, 2.05) is 73.7 Å². The minimum absolute atomic E-state index is 0.0454. The van der Waals surface area contributed by atoms with E-state index in [0.717, 1.165) is 21.2 Å². The van der Waals surface area contributed by atoms with E-state index in [1.54, 1.807) is 30.3 Å². The van der Waals surface area contributed by atoms with Crippen LogP contribution in [0.3, 0.4) is 0 Å². The number of ether oxygens (including phenoxy) is 2. The van der Waals surface area contributed by atoms with Crippen molar-refractivity contribution in [2.45, 2.75) is 38.0 Å². The second kappa shape index (κ2) is 14.9. The summed E-state index contributed by atoms with van der Waals surface area (Å²) in [6.07, 6.45) is -0.214. The Kier molecular flexibility index (Phi) is 10.5. The van der Waals surface area contributed by atoms with Crippen LogP contribution >= 0.6 is 15.9 Å². The molecule has 230 valence electrons. The third kappa shape index (κ3) is 7.71. The molecule has 4 aromatic rings. The lowest BCUT2D eigenvalue weighted by Crippen LogP contribution is -2.53. The molecule has 0 unspecified atom stereocenters. The quantitative estimate of drug-likeness (QED) is 0.0473. The number of aliphatic hydroxyl groups excluding tert-OH is 1. The topological polar surface area (TPSA) is 141 Å². The van der Waals surface area contributed by atoms with Crippen molar-refractivity contribution in [2.75, 3.05) is 13.2 Å². The molecule has 0 bridgehead atoms. The van der Waals surface area contributed by atoms with E-state index in [2.05, 4.69) is 36.8 Å². The Balaban J connectivity index is 1.56. The van der Waals surface area contributed by atoms with Crippen molar-refractivity contribution < 1.29 is 19.4 Å². The lowest BCUT2D eigenvalue weighted by molar-refractivity contribution is -0.130. The van der Waals surface area contributed by atoms with Gasteiger partial charge >= 0.3 is 0 Å². The van der Waals surface area contributed by atoms with Gasteiger partial charge in [-0.3, -0.25) is 10.2 Å². The van der Waals surface area contributed by atoms with Crippen molar-refractivity contribution in [2.24, 2.45) is 10.1 Å². The van der Waals surface area contributed by atoms with E-state index in [4.69, 9.17) is 19.6 Å². The largest absolute Gasteiger partial charge is 0.494 e. The predicted octanol–water partition coefficient (Wildman–Crippen LogP) is 6.78. The molecule has 1 heterocycles. The molecule has 0 aliphatic carbocycles. The van der Waals surface area contributed by atoms with Gasteiger partial charge in [-0.05, 0) is 60.0 Å². The van der Waals surface area contributed by atoms with Crippen molar-refractivity contribution in [3.63, 3.8) is 0 Å². The van der Waals surface area contributed by atoms with Crippen LogP contribution in [-0.4, -0.2) is 35.7 Å². The number of halogens is 1. The number of aryl methyl sites for hydroxylation is 1. The van der Waals surface area contributed by atoms with Crippen molar-refractivity contribution in [3.05, 3.63) is 140 Å². The first-order valence-electron chi connectivity index (χ1n) is 14.5. The van der Waals surface area contributed by atoms with Crippen LogP contribution < -0.4 is 15.6 Å². The van der Waals surface area contributed by atoms with Crippen LogP contribution in [0.2, 0.25) is 0 Å². The Morgan fingerprint density at radius 1 is 1.07 bits per heavy atom. The molecule has 0 saturated carbocycles. The summed E-state index contributed by atoms with van der Waals surface area (Å²) in [5.41, 5.74) is 18.3. The second-order valence-electron chi connectivity index (χ2n) is 10.6. The number of hydrogen-bond donors (Lipinski definition) is 3. The van der Waals surface area contributed by atoms with E-state index in [9.17, 15) is 10.3 Å². The molecule has 0 spiro atoms. The number of nitrogens with zero attached hydrogens (tertiary/aromatic N) is 4. The number of amides is 1. The summed E-state index contributed by atoms with van der Waals surface area (Å²) < 4.78 is 13.2. The highest BCUT2D eigenvalue weighted by Crippen LogP contribution is 2.45. The number of hydrogen-bond acceptors (Lipinski definition) is 7. The van der Waals surface area contributed by atoms with E-state index in [1.165, 1.54) is 0 Å². The minimum Gasteiger partial charge on any atom is -0.494 e. The Hall–Kier alpha value is -4.67. The second-order valence-corrected chi connectivity index (χ2v) is 11.6. The minimum atomic E-state index is -1.49. The Bertz CT molecular complexity index is 1710. The first kappa shape index (κ1) is 31.7. The summed E-state index contributed by atoms with van der Waals surface area (Å²) in [6, 6.07) is 30.0. The molecule has 11 heteroatoms. The zero-order valence-electron chi connectivity index (χ0n) is 24.7. The Morgan fingerprint density at radius 3 is 2.58 bits per heavy atom. The smallest absolute Gasteiger partial charge is 0.266 e. The highest BCUT2D eigenvalue weighted by molar-refractivity contribution is 9.10. The average Bonchev–Trinajstić information content (AvgIpc) is 3.43. The van der Waals surface area contributed by atoms with Crippen LogP contribution in [0.15, 0.2) is 112 Å². The van der Waals surface area contributed by atoms with Crippen molar-refractivity contribution in [1.29, 1.82) is 0 Å². The maximum atomic E-state index is 14.4. The monoisotopic (exact) mass is 668 g/mol. The molecule has 3 N–H and O–H groups in total. The highest BCUT2D eigenvalue weighted by atomic mass is 79.9. The third-order valence-electron chi connectivity index (χ3n) is 7.37. The zero-order chi connectivity index (χ0) is 31.6. The van der Waals surface area contributed by atoms with Gasteiger partial charge in [-0.1, -0.05) is 87.3 Å². The van der Waals surface area contributed by atoms with Gasteiger partial charge in [-0.2, -0.15) is 0 Å². The normalized spacial score (nSPS) is 17.1. The van der Waals surface area contributed by atoms with Gasteiger partial charge in [0.25, 0.3) is 5.91 Å². The number of carbonyl (C=O) groups excluding carboxylic acids is 1. The number of nitrogens with one attached hydrogen (secondary N) is 2. The molecular formula is C34H33BrN6O4. The number of aliphatic imine (C=N–C) groups is 1. The van der Waals surface area contributed by atoms with Gasteiger partial charge in [0.05, 0.1) is 6.61 Å². The van der Waals surface area contributed by atoms with Gasteiger partial charge in [-0.25, -0.2) is 10.4 Å². The summed E-state index contributed by atoms with van der Waals surface area (Å²) >= 11 is 3.49. The molecule has 2 atom stereocenters. The molecule has 5 rings (SSSR count). The van der Waals surface area contributed by atoms with Crippen LogP contribution in [0.5, 0.6) is 5.75 Å². The number of benzene rings is 4. The average molecular weight is 670 g/mol. The standard InChI is InChI=1S/C34H33BrN6O4/c1-23-6-4-7-25(20-23)22-37-40-33(43)34(21-24-10-14-27(35)15-11-24)31(29-8-2-3-9-30(29)39-41-36)45-32(38-34)26-12-16-28(17-13-26)44-19-5-18-42/h2-4,6-17,20,31,37,42H,5,18-19,21-22H2,1H3,(H,40,43)/t31-,34-/m0/s1. The molecule has 1 aliphatic rings. The first-order chi connectivity index (χ1) is 21.9. The molecule has 0 radical (unpaired) electrons. The van der Waals surface area contributed by atoms with Gasteiger partial charge in [-0.15, -0.1) is 0 Å². The number of aliphatic hydroxyl groups is 1. The molecule has 1 amide bonds. The number of hydrazine groups is 1. The molecule has 4 aromatic carbocycles. The van der Waals surface area contributed by atoms with Crippen LogP contribution in [0.1, 0.15) is 40.3 Å². The van der Waals surface area contributed by atoms with Crippen molar-refractivity contribution >= 4 is 33.4 Å². The van der Waals surface area contributed by atoms with E-state index >= 15 is 0 Å². The van der Waals surface area contributed by atoms with Crippen LogP contribution in [0.4, 0.5) is 5.69 Å². The summed E-state index contributed by atoms with van der Waals surface area (Å²) in [7, 11) is 0. The Morgan fingerprint density at radius 2 is 1.84 bits per heavy atom. The summed E-state index contributed by atoms with van der Waals surface area (Å²) in [4.78, 5) is 22.5. The fourth-order valence-electron chi connectivity index (χ4n) is 5.18. The first-order valence-corrected chi connectivity index (χ1v) is 15.3. The van der Waals surface area contributed by atoms with Crippen LogP contribution in [-0.2, 0) is 22.5 Å².